The number of nitrogens with zero attached hydrogens (tertiary/aromatic N) is 2. The first-order chi connectivity index (χ1) is 6.70. The molecule has 0 aliphatic carbocycles. The van der Waals surface area contributed by atoms with Crippen LogP contribution in [0.2, 0.25) is 5.02 Å². The fourth-order valence-corrected chi connectivity index (χ4v) is 2.28. The number of rotatable bonds is 5. The molecular formula is C9H15ClN2OS. The second kappa shape index (κ2) is 5.63. The smallest absolute Gasteiger partial charge is 0.0855 e. The van der Waals surface area contributed by atoms with Crippen LogP contribution in [0.15, 0.2) is 0 Å². The van der Waals surface area contributed by atoms with Crippen molar-refractivity contribution in [3.8, 4) is 0 Å². The van der Waals surface area contributed by atoms with Gasteiger partial charge in [0.2, 0.25) is 0 Å². The summed E-state index contributed by atoms with van der Waals surface area (Å²) < 4.78 is 1.92. The maximum absolute atomic E-state index is 8.67. The quantitative estimate of drug-likeness (QED) is 0.793. The Balaban J connectivity index is 2.72. The van der Waals surface area contributed by atoms with Crippen LogP contribution in [0.25, 0.3) is 0 Å². The van der Waals surface area contributed by atoms with Crippen molar-refractivity contribution < 1.29 is 5.11 Å². The number of hydrogen-bond acceptors (Lipinski definition) is 3. The van der Waals surface area contributed by atoms with E-state index in [1.807, 2.05) is 18.5 Å². The van der Waals surface area contributed by atoms with E-state index in [-0.39, 0.29) is 6.61 Å². The molecule has 5 heteroatoms. The Morgan fingerprint density at radius 2 is 2.29 bits per heavy atom. The molecule has 1 N–H and O–H groups in total. The lowest BCUT2D eigenvalue weighted by Gasteiger charge is -2.04. The number of halogens is 1. The summed E-state index contributed by atoms with van der Waals surface area (Å²) in [5, 5.41) is 13.7. The summed E-state index contributed by atoms with van der Waals surface area (Å²) in [7, 11) is 0. The summed E-state index contributed by atoms with van der Waals surface area (Å²) in [4.78, 5) is 0. The van der Waals surface area contributed by atoms with Gasteiger partial charge in [-0.15, -0.1) is 0 Å². The molecule has 0 aliphatic rings. The number of aliphatic hydroxyl groups excluding tert-OH is 1. The third-order valence-electron chi connectivity index (χ3n) is 1.93. The van der Waals surface area contributed by atoms with Gasteiger partial charge in [-0.3, -0.25) is 4.68 Å². The summed E-state index contributed by atoms with van der Waals surface area (Å²) in [5.41, 5.74) is 1.94. The molecule has 0 atom stereocenters. The highest BCUT2D eigenvalue weighted by Gasteiger charge is 2.11. The molecule has 0 aliphatic heterocycles. The van der Waals surface area contributed by atoms with E-state index in [2.05, 4.69) is 5.10 Å². The summed E-state index contributed by atoms with van der Waals surface area (Å²) in [6.07, 6.45) is 0. The van der Waals surface area contributed by atoms with E-state index < -0.39 is 0 Å². The minimum atomic E-state index is 0.210. The Kier molecular flexibility index (Phi) is 4.78. The molecule has 0 fully saturated rings. The summed E-state index contributed by atoms with van der Waals surface area (Å²) in [6, 6.07) is 0. The summed E-state index contributed by atoms with van der Waals surface area (Å²) >= 11 is 7.78. The monoisotopic (exact) mass is 234 g/mol. The Morgan fingerprint density at radius 1 is 1.57 bits per heavy atom. The molecule has 0 amide bonds. The fraction of sp³-hybridized carbons (Fsp3) is 0.667. The van der Waals surface area contributed by atoms with Crippen LogP contribution >= 0.6 is 23.4 Å². The van der Waals surface area contributed by atoms with Crippen LogP contribution < -0.4 is 0 Å². The maximum atomic E-state index is 8.67. The zero-order valence-electron chi connectivity index (χ0n) is 8.46. The van der Waals surface area contributed by atoms with E-state index in [1.54, 1.807) is 11.8 Å². The minimum Gasteiger partial charge on any atom is -0.396 e. The minimum absolute atomic E-state index is 0.210. The van der Waals surface area contributed by atoms with Gasteiger partial charge in [0.05, 0.1) is 23.0 Å². The second-order valence-corrected chi connectivity index (χ2v) is 4.42. The van der Waals surface area contributed by atoms with Crippen molar-refractivity contribution >= 4 is 23.4 Å². The lowest BCUT2D eigenvalue weighted by Crippen LogP contribution is -2.02. The average molecular weight is 235 g/mol. The van der Waals surface area contributed by atoms with E-state index in [0.717, 1.165) is 34.5 Å². The lowest BCUT2D eigenvalue weighted by molar-refractivity contribution is 0.322. The number of hydrogen-bond donors (Lipinski definition) is 1. The largest absolute Gasteiger partial charge is 0.396 e. The lowest BCUT2D eigenvalue weighted by atomic mass is 10.4. The Hall–Kier alpha value is -0.190. The highest BCUT2D eigenvalue weighted by atomic mass is 35.5. The SMILES string of the molecule is CCn1nc(C)c(Cl)c1CSCCO. The van der Waals surface area contributed by atoms with Gasteiger partial charge in [-0.1, -0.05) is 11.6 Å². The zero-order valence-corrected chi connectivity index (χ0v) is 10.0. The van der Waals surface area contributed by atoms with Gasteiger partial charge in [0.15, 0.2) is 0 Å². The first-order valence-corrected chi connectivity index (χ1v) is 6.14. The van der Waals surface area contributed by atoms with Crippen molar-refractivity contribution in [1.29, 1.82) is 0 Å². The van der Waals surface area contributed by atoms with Gasteiger partial charge in [0, 0.05) is 18.1 Å². The second-order valence-electron chi connectivity index (χ2n) is 2.94. The van der Waals surface area contributed by atoms with Crippen molar-refractivity contribution in [2.24, 2.45) is 0 Å². The van der Waals surface area contributed by atoms with Crippen LogP contribution in [0, 0.1) is 6.92 Å². The van der Waals surface area contributed by atoms with Gasteiger partial charge in [-0.05, 0) is 13.8 Å². The van der Waals surface area contributed by atoms with Gasteiger partial charge in [0.25, 0.3) is 0 Å². The first-order valence-electron chi connectivity index (χ1n) is 4.61. The van der Waals surface area contributed by atoms with Crippen LogP contribution in [0.5, 0.6) is 0 Å². The van der Waals surface area contributed by atoms with E-state index >= 15 is 0 Å². The zero-order chi connectivity index (χ0) is 10.6. The molecule has 80 valence electrons. The third-order valence-corrected chi connectivity index (χ3v) is 3.37. The van der Waals surface area contributed by atoms with Gasteiger partial charge in [-0.25, -0.2) is 0 Å². The number of thioether (sulfide) groups is 1. The summed E-state index contributed by atoms with van der Waals surface area (Å²) in [5.74, 6) is 1.55. The number of aromatic nitrogens is 2. The van der Waals surface area contributed by atoms with Crippen molar-refractivity contribution in [1.82, 2.24) is 9.78 Å². The number of aliphatic hydroxyl groups is 1. The Labute approximate surface area is 93.4 Å². The third kappa shape index (κ3) is 2.65. The average Bonchev–Trinajstić information content (AvgIpc) is 2.45. The molecule has 1 aromatic heterocycles. The Bertz CT molecular complexity index is 301. The van der Waals surface area contributed by atoms with Gasteiger partial charge in [0.1, 0.15) is 0 Å². The van der Waals surface area contributed by atoms with E-state index in [1.165, 1.54) is 0 Å². The van der Waals surface area contributed by atoms with Crippen molar-refractivity contribution in [3.05, 3.63) is 16.4 Å². The van der Waals surface area contributed by atoms with Crippen LogP contribution in [0.1, 0.15) is 18.3 Å². The molecule has 0 unspecified atom stereocenters. The molecule has 0 spiro atoms. The van der Waals surface area contributed by atoms with Gasteiger partial charge >= 0.3 is 0 Å². The standard InChI is InChI=1S/C9H15ClN2OS/c1-3-12-8(6-14-5-4-13)9(10)7(2)11-12/h13H,3-6H2,1-2H3. The molecule has 0 saturated carbocycles. The molecule has 0 aromatic carbocycles. The maximum Gasteiger partial charge on any atom is 0.0855 e. The van der Waals surface area contributed by atoms with Crippen LogP contribution in [-0.4, -0.2) is 27.2 Å². The summed E-state index contributed by atoms with van der Waals surface area (Å²) in [6.45, 7) is 5.00. The van der Waals surface area contributed by atoms with Crippen LogP contribution in [0.3, 0.4) is 0 Å². The molecule has 14 heavy (non-hydrogen) atoms. The fourth-order valence-electron chi connectivity index (χ4n) is 1.24. The van der Waals surface area contributed by atoms with Gasteiger partial charge < -0.3 is 5.11 Å². The van der Waals surface area contributed by atoms with Crippen molar-refractivity contribution in [2.45, 2.75) is 26.1 Å². The van der Waals surface area contributed by atoms with E-state index in [0.29, 0.717) is 0 Å². The molecule has 0 radical (unpaired) electrons. The molecule has 0 bridgehead atoms. The predicted molar refractivity (Wildman–Crippen MR) is 60.9 cm³/mol. The van der Waals surface area contributed by atoms with E-state index in [9.17, 15) is 0 Å². The Morgan fingerprint density at radius 3 is 2.86 bits per heavy atom. The normalized spacial score (nSPS) is 10.9. The molecule has 1 heterocycles. The highest BCUT2D eigenvalue weighted by Crippen LogP contribution is 2.24. The van der Waals surface area contributed by atoms with Crippen molar-refractivity contribution in [3.63, 3.8) is 0 Å². The predicted octanol–water partition coefficient (Wildman–Crippen LogP) is 2.09. The number of aryl methyl sites for hydroxylation is 2. The molecule has 1 rings (SSSR count). The first kappa shape index (κ1) is 11.9. The van der Waals surface area contributed by atoms with E-state index in [4.69, 9.17) is 16.7 Å². The molecule has 1 aromatic rings. The van der Waals surface area contributed by atoms with Gasteiger partial charge in [-0.2, -0.15) is 16.9 Å². The molecular weight excluding hydrogens is 220 g/mol. The highest BCUT2D eigenvalue weighted by molar-refractivity contribution is 7.98. The van der Waals surface area contributed by atoms with Crippen LogP contribution in [-0.2, 0) is 12.3 Å². The molecule has 3 nitrogen and oxygen atoms in total. The topological polar surface area (TPSA) is 38.0 Å². The van der Waals surface area contributed by atoms with Crippen molar-refractivity contribution in [2.75, 3.05) is 12.4 Å². The van der Waals surface area contributed by atoms with Crippen LogP contribution in [0.4, 0.5) is 0 Å². The molecule has 0 saturated heterocycles.